The molecule has 7 rings (SSSR count). The third-order valence-corrected chi connectivity index (χ3v) is 7.28. The Morgan fingerprint density at radius 1 is 0.529 bits per heavy atom. The molecule has 0 spiro atoms. The number of hydrogen-bond acceptors (Lipinski definition) is 1. The lowest BCUT2D eigenvalue weighted by Gasteiger charge is -2.23. The van der Waals surface area contributed by atoms with Gasteiger partial charge in [0.2, 0.25) is 0 Å². The smallest absolute Gasteiger partial charge is 0.0722 e. The summed E-state index contributed by atoms with van der Waals surface area (Å²) in [6, 6.07) is 35.5. The maximum absolute atomic E-state index is 5.22. The van der Waals surface area contributed by atoms with E-state index in [1.807, 2.05) is 0 Å². The molecule has 7 aromatic rings. The Balaban J connectivity index is 1.63. The molecular weight excluding hydrogens is 410 g/mol. The highest BCUT2D eigenvalue weighted by Crippen LogP contribution is 2.42. The minimum absolute atomic E-state index is 0.0401. The molecule has 34 heavy (non-hydrogen) atoms. The van der Waals surface area contributed by atoms with Gasteiger partial charge in [-0.1, -0.05) is 93.6 Å². The molecule has 0 aliphatic carbocycles. The minimum Gasteiger partial charge on any atom is -0.248 e. The van der Waals surface area contributed by atoms with Crippen LogP contribution in [0.3, 0.4) is 0 Å². The Kier molecular flexibility index (Phi) is 3.88. The summed E-state index contributed by atoms with van der Waals surface area (Å²) in [6.07, 6.45) is 0. The van der Waals surface area contributed by atoms with Gasteiger partial charge in [-0.05, 0) is 78.3 Å². The average molecular weight is 436 g/mol. The van der Waals surface area contributed by atoms with Crippen LogP contribution in [0.5, 0.6) is 0 Å². The molecule has 0 saturated heterocycles. The number of rotatable bonds is 1. The van der Waals surface area contributed by atoms with Gasteiger partial charge >= 0.3 is 0 Å². The van der Waals surface area contributed by atoms with E-state index in [1.165, 1.54) is 59.6 Å². The fraction of sp³-hybridized carbons (Fsp3) is 0.121. The van der Waals surface area contributed by atoms with Gasteiger partial charge in [0.05, 0.1) is 11.2 Å². The van der Waals surface area contributed by atoms with Crippen LogP contribution in [0, 0.1) is 0 Å². The molecule has 1 heteroatoms. The third kappa shape index (κ3) is 2.70. The quantitative estimate of drug-likeness (QED) is 0.185. The van der Waals surface area contributed by atoms with Gasteiger partial charge in [0, 0.05) is 10.9 Å². The van der Waals surface area contributed by atoms with Gasteiger partial charge in [0.15, 0.2) is 0 Å². The molecule has 0 amide bonds. The van der Waals surface area contributed by atoms with Crippen LogP contribution < -0.4 is 0 Å². The zero-order valence-electron chi connectivity index (χ0n) is 19.7. The first kappa shape index (κ1) is 19.5. The summed E-state index contributed by atoms with van der Waals surface area (Å²) in [5, 5.41) is 11.7. The highest BCUT2D eigenvalue weighted by Gasteiger charge is 2.20. The first-order valence-electron chi connectivity index (χ1n) is 12.0. The number of benzene rings is 6. The second-order valence-corrected chi connectivity index (χ2v) is 10.5. The van der Waals surface area contributed by atoms with Gasteiger partial charge in [0.1, 0.15) is 0 Å². The fourth-order valence-electron chi connectivity index (χ4n) is 5.74. The van der Waals surface area contributed by atoms with Crippen LogP contribution in [0.2, 0.25) is 0 Å². The summed E-state index contributed by atoms with van der Waals surface area (Å²) in [5.74, 6) is 0. The maximum atomic E-state index is 5.22. The van der Waals surface area contributed by atoms with E-state index in [1.54, 1.807) is 0 Å². The summed E-state index contributed by atoms with van der Waals surface area (Å²) in [4.78, 5) is 5.22. The van der Waals surface area contributed by atoms with Gasteiger partial charge in [-0.3, -0.25) is 0 Å². The van der Waals surface area contributed by atoms with Gasteiger partial charge < -0.3 is 0 Å². The Morgan fingerprint density at radius 3 is 1.91 bits per heavy atom. The molecule has 6 aromatic carbocycles. The molecule has 0 atom stereocenters. The van der Waals surface area contributed by atoms with Gasteiger partial charge in [-0.25, -0.2) is 4.98 Å². The zero-order valence-corrected chi connectivity index (χ0v) is 19.7. The van der Waals surface area contributed by atoms with Crippen molar-refractivity contribution >= 4 is 54.0 Å². The van der Waals surface area contributed by atoms with Crippen LogP contribution in [0.15, 0.2) is 97.1 Å². The molecule has 1 nitrogen and oxygen atoms in total. The van der Waals surface area contributed by atoms with Crippen molar-refractivity contribution in [2.24, 2.45) is 0 Å². The number of hydrogen-bond donors (Lipinski definition) is 0. The van der Waals surface area contributed by atoms with Crippen molar-refractivity contribution < 1.29 is 0 Å². The van der Waals surface area contributed by atoms with E-state index >= 15 is 0 Å². The predicted octanol–water partition coefficient (Wildman–Crippen LogP) is 9.25. The zero-order chi connectivity index (χ0) is 23.0. The van der Waals surface area contributed by atoms with E-state index in [0.717, 1.165) is 11.2 Å². The van der Waals surface area contributed by atoms with Gasteiger partial charge in [-0.15, -0.1) is 0 Å². The topological polar surface area (TPSA) is 12.9 Å². The van der Waals surface area contributed by atoms with Crippen molar-refractivity contribution in [3.8, 4) is 11.3 Å². The van der Waals surface area contributed by atoms with E-state index in [2.05, 4.69) is 118 Å². The monoisotopic (exact) mass is 435 g/mol. The standard InChI is InChI=1S/C33H25N/c1-33(2,3)28-18-22(17-21-9-4-5-12-23(21)28)30-19-27-26-14-7-11-20-10-6-13-24(31(20)26)25-15-8-16-29(34-30)32(25)27/h4-19H,1-3H3. The Labute approximate surface area is 199 Å². The lowest BCUT2D eigenvalue weighted by atomic mass is 9.82. The maximum Gasteiger partial charge on any atom is 0.0722 e. The van der Waals surface area contributed by atoms with E-state index in [-0.39, 0.29) is 5.41 Å². The molecule has 0 saturated carbocycles. The first-order chi connectivity index (χ1) is 16.5. The van der Waals surface area contributed by atoms with Crippen LogP contribution in [0.25, 0.3) is 65.3 Å². The van der Waals surface area contributed by atoms with E-state index in [9.17, 15) is 0 Å². The summed E-state index contributed by atoms with van der Waals surface area (Å²) >= 11 is 0. The second kappa shape index (κ2) is 6.77. The fourth-order valence-corrected chi connectivity index (χ4v) is 5.74. The van der Waals surface area contributed by atoms with E-state index < -0.39 is 0 Å². The van der Waals surface area contributed by atoms with Gasteiger partial charge in [-0.2, -0.15) is 0 Å². The number of fused-ring (bicyclic) bond motifs is 3. The van der Waals surface area contributed by atoms with Crippen LogP contribution in [0.4, 0.5) is 0 Å². The SMILES string of the molecule is CC(C)(C)c1cc(-c2cc3c4cccc5cccc(c6cccc(n2)c63)c54)cc2ccccc12. The van der Waals surface area contributed by atoms with Crippen molar-refractivity contribution in [2.75, 3.05) is 0 Å². The van der Waals surface area contributed by atoms with E-state index in [0.29, 0.717) is 0 Å². The summed E-state index contributed by atoms with van der Waals surface area (Å²) in [5.41, 5.74) is 4.67. The normalized spacial score (nSPS) is 12.6. The third-order valence-electron chi connectivity index (χ3n) is 7.28. The highest BCUT2D eigenvalue weighted by molar-refractivity contribution is 6.32. The van der Waals surface area contributed by atoms with Crippen molar-refractivity contribution in [2.45, 2.75) is 26.2 Å². The lowest BCUT2D eigenvalue weighted by Crippen LogP contribution is -2.12. The van der Waals surface area contributed by atoms with Crippen molar-refractivity contribution in [3.05, 3.63) is 103 Å². The summed E-state index contributed by atoms with van der Waals surface area (Å²) in [6.45, 7) is 6.88. The number of aromatic nitrogens is 1. The summed E-state index contributed by atoms with van der Waals surface area (Å²) < 4.78 is 0. The molecule has 0 radical (unpaired) electrons. The lowest BCUT2D eigenvalue weighted by molar-refractivity contribution is 0.596. The Morgan fingerprint density at radius 2 is 1.15 bits per heavy atom. The second-order valence-electron chi connectivity index (χ2n) is 10.5. The number of pyridine rings is 1. The predicted molar refractivity (Wildman–Crippen MR) is 147 cm³/mol. The molecule has 0 bridgehead atoms. The van der Waals surface area contributed by atoms with Crippen LogP contribution in [0.1, 0.15) is 26.3 Å². The molecule has 0 unspecified atom stereocenters. The number of nitrogens with zero attached hydrogens (tertiary/aromatic N) is 1. The molecule has 0 N–H and O–H groups in total. The van der Waals surface area contributed by atoms with Gasteiger partial charge in [0.25, 0.3) is 0 Å². The highest BCUT2D eigenvalue weighted by atomic mass is 14.7. The molecule has 162 valence electrons. The van der Waals surface area contributed by atoms with Crippen LogP contribution in [-0.4, -0.2) is 4.98 Å². The van der Waals surface area contributed by atoms with Crippen LogP contribution in [-0.2, 0) is 5.41 Å². The molecular formula is C33H25N. The largest absolute Gasteiger partial charge is 0.248 e. The van der Waals surface area contributed by atoms with Crippen molar-refractivity contribution in [3.63, 3.8) is 0 Å². The first-order valence-corrected chi connectivity index (χ1v) is 12.0. The van der Waals surface area contributed by atoms with E-state index in [4.69, 9.17) is 4.98 Å². The molecule has 1 aromatic heterocycles. The minimum atomic E-state index is 0.0401. The molecule has 0 aliphatic heterocycles. The summed E-state index contributed by atoms with van der Waals surface area (Å²) in [7, 11) is 0. The Hall–Kier alpha value is -3.97. The average Bonchev–Trinajstić information content (AvgIpc) is 2.85. The van der Waals surface area contributed by atoms with Crippen LogP contribution >= 0.6 is 0 Å². The molecule has 0 fully saturated rings. The van der Waals surface area contributed by atoms with Crippen molar-refractivity contribution in [1.29, 1.82) is 0 Å². The molecule has 1 heterocycles. The van der Waals surface area contributed by atoms with Crippen molar-refractivity contribution in [1.82, 2.24) is 4.98 Å². The molecule has 0 aliphatic rings. The Bertz CT molecular complexity index is 1880.